The monoisotopic (exact) mass is 262 g/mol. The van der Waals surface area contributed by atoms with Gasteiger partial charge in [-0.05, 0) is 18.2 Å². The van der Waals surface area contributed by atoms with Gasteiger partial charge in [-0.25, -0.2) is 4.98 Å². The van der Waals surface area contributed by atoms with Gasteiger partial charge in [-0.1, -0.05) is 0 Å². The zero-order valence-electron chi connectivity index (χ0n) is 10.1. The van der Waals surface area contributed by atoms with Gasteiger partial charge in [-0.2, -0.15) is 0 Å². The largest absolute Gasteiger partial charge is 0.399 e. The number of hydrogen-bond acceptors (Lipinski definition) is 5. The summed E-state index contributed by atoms with van der Waals surface area (Å²) in [6, 6.07) is 5.15. The molecular formula is C11H14N6O2. The summed E-state index contributed by atoms with van der Waals surface area (Å²) in [5, 5.41) is 0. The zero-order valence-corrected chi connectivity index (χ0v) is 10.1. The quantitative estimate of drug-likeness (QED) is 0.507. The van der Waals surface area contributed by atoms with E-state index in [0.717, 1.165) is 0 Å². The lowest BCUT2D eigenvalue weighted by Crippen LogP contribution is -2.40. The highest BCUT2D eigenvalue weighted by molar-refractivity contribution is 5.86. The number of aromatic amines is 1. The van der Waals surface area contributed by atoms with Crippen molar-refractivity contribution < 1.29 is 9.59 Å². The molecule has 100 valence electrons. The van der Waals surface area contributed by atoms with Crippen molar-refractivity contribution in [1.82, 2.24) is 9.97 Å². The second-order valence-electron chi connectivity index (χ2n) is 4.13. The molecule has 7 N–H and O–H groups in total. The van der Waals surface area contributed by atoms with Crippen LogP contribution in [0.3, 0.4) is 0 Å². The Labute approximate surface area is 108 Å². The van der Waals surface area contributed by atoms with Gasteiger partial charge in [-0.3, -0.25) is 9.59 Å². The van der Waals surface area contributed by atoms with Crippen LogP contribution in [-0.2, 0) is 9.59 Å². The maximum absolute atomic E-state index is 11.0. The Morgan fingerprint density at radius 2 is 1.84 bits per heavy atom. The molecule has 8 heteroatoms. The van der Waals surface area contributed by atoms with E-state index in [2.05, 4.69) is 9.97 Å². The number of fused-ring (bicyclic) bond motifs is 1. The van der Waals surface area contributed by atoms with Crippen LogP contribution in [0.5, 0.6) is 0 Å². The van der Waals surface area contributed by atoms with E-state index in [-0.39, 0.29) is 13.1 Å². The first kappa shape index (κ1) is 12.7. The normalized spacial score (nSPS) is 10.5. The molecule has 19 heavy (non-hydrogen) atoms. The fourth-order valence-electron chi connectivity index (χ4n) is 1.75. The molecule has 0 aliphatic heterocycles. The van der Waals surface area contributed by atoms with Crippen molar-refractivity contribution in [2.75, 3.05) is 23.7 Å². The summed E-state index contributed by atoms with van der Waals surface area (Å²) in [5.41, 5.74) is 17.9. The number of aromatic nitrogens is 2. The lowest BCUT2D eigenvalue weighted by atomic mass is 10.3. The number of primary amides is 2. The average molecular weight is 262 g/mol. The number of nitrogens with one attached hydrogen (secondary N) is 1. The highest BCUT2D eigenvalue weighted by atomic mass is 16.2. The van der Waals surface area contributed by atoms with Gasteiger partial charge in [-0.15, -0.1) is 0 Å². The van der Waals surface area contributed by atoms with E-state index in [1.807, 2.05) is 0 Å². The van der Waals surface area contributed by atoms with E-state index in [1.54, 1.807) is 18.2 Å². The summed E-state index contributed by atoms with van der Waals surface area (Å²) >= 11 is 0. The highest BCUT2D eigenvalue weighted by Gasteiger charge is 2.16. The Balaban J connectivity index is 2.37. The van der Waals surface area contributed by atoms with Crippen molar-refractivity contribution >= 4 is 34.5 Å². The molecule has 0 saturated carbocycles. The van der Waals surface area contributed by atoms with Crippen LogP contribution in [-0.4, -0.2) is 34.9 Å². The minimum absolute atomic E-state index is 0.155. The van der Waals surface area contributed by atoms with E-state index >= 15 is 0 Å². The van der Waals surface area contributed by atoms with Crippen LogP contribution >= 0.6 is 0 Å². The lowest BCUT2D eigenvalue weighted by Gasteiger charge is -2.17. The van der Waals surface area contributed by atoms with Crippen molar-refractivity contribution in [3.05, 3.63) is 18.2 Å². The van der Waals surface area contributed by atoms with E-state index in [1.165, 1.54) is 4.90 Å². The second-order valence-corrected chi connectivity index (χ2v) is 4.13. The molecule has 1 aromatic carbocycles. The Kier molecular flexibility index (Phi) is 3.23. The molecule has 1 heterocycles. The number of H-pyrrole nitrogens is 1. The van der Waals surface area contributed by atoms with Gasteiger partial charge in [0.25, 0.3) is 0 Å². The lowest BCUT2D eigenvalue weighted by molar-refractivity contribution is -0.117. The number of nitrogen functional groups attached to an aromatic ring is 1. The number of nitrogens with two attached hydrogens (primary N) is 3. The molecule has 8 nitrogen and oxygen atoms in total. The Hall–Kier alpha value is -2.77. The predicted octanol–water partition coefficient (Wildman–Crippen LogP) is -1.08. The number of hydrogen-bond donors (Lipinski definition) is 4. The Morgan fingerprint density at radius 3 is 2.42 bits per heavy atom. The minimum Gasteiger partial charge on any atom is -0.399 e. The van der Waals surface area contributed by atoms with Gasteiger partial charge >= 0.3 is 0 Å². The van der Waals surface area contributed by atoms with Crippen LogP contribution in [0.25, 0.3) is 11.0 Å². The molecule has 0 fully saturated rings. The van der Waals surface area contributed by atoms with E-state index in [9.17, 15) is 9.59 Å². The molecule has 2 rings (SSSR count). The fraction of sp³-hybridized carbons (Fsp3) is 0.182. The first-order valence-electron chi connectivity index (χ1n) is 5.52. The molecule has 1 aromatic heterocycles. The predicted molar refractivity (Wildman–Crippen MR) is 71.1 cm³/mol. The van der Waals surface area contributed by atoms with Gasteiger partial charge in [0.1, 0.15) is 13.1 Å². The highest BCUT2D eigenvalue weighted by Crippen LogP contribution is 2.19. The van der Waals surface area contributed by atoms with E-state index in [0.29, 0.717) is 22.7 Å². The number of carbonyl (C=O) groups excluding carboxylic acids is 2. The maximum Gasteiger partial charge on any atom is 0.237 e. The third kappa shape index (κ3) is 2.92. The van der Waals surface area contributed by atoms with Gasteiger partial charge in [0.15, 0.2) is 0 Å². The van der Waals surface area contributed by atoms with Gasteiger partial charge in [0.2, 0.25) is 17.8 Å². The number of imidazole rings is 1. The fourth-order valence-corrected chi connectivity index (χ4v) is 1.75. The number of benzene rings is 1. The molecule has 0 aliphatic carbocycles. The second kappa shape index (κ2) is 4.84. The third-order valence-corrected chi connectivity index (χ3v) is 2.49. The van der Waals surface area contributed by atoms with E-state index in [4.69, 9.17) is 17.2 Å². The molecule has 0 spiro atoms. The first-order chi connectivity index (χ1) is 8.95. The zero-order chi connectivity index (χ0) is 14.0. The maximum atomic E-state index is 11.0. The summed E-state index contributed by atoms with van der Waals surface area (Å²) in [6.45, 7) is -0.309. The molecule has 0 atom stereocenters. The van der Waals surface area contributed by atoms with Crippen molar-refractivity contribution in [2.45, 2.75) is 0 Å². The minimum atomic E-state index is -0.582. The smallest absolute Gasteiger partial charge is 0.237 e. The van der Waals surface area contributed by atoms with Crippen LogP contribution < -0.4 is 22.1 Å². The Bertz CT molecular complexity index is 619. The van der Waals surface area contributed by atoms with E-state index < -0.39 is 11.8 Å². The van der Waals surface area contributed by atoms with Crippen molar-refractivity contribution in [3.63, 3.8) is 0 Å². The molecule has 2 aromatic rings. The van der Waals surface area contributed by atoms with Crippen LogP contribution in [0.15, 0.2) is 18.2 Å². The van der Waals surface area contributed by atoms with Crippen molar-refractivity contribution in [2.24, 2.45) is 11.5 Å². The molecule has 2 amide bonds. The molecule has 0 radical (unpaired) electrons. The summed E-state index contributed by atoms with van der Waals surface area (Å²) in [4.78, 5) is 30.6. The summed E-state index contributed by atoms with van der Waals surface area (Å²) in [5.74, 6) is -0.819. The molecular weight excluding hydrogens is 248 g/mol. The van der Waals surface area contributed by atoms with Crippen LogP contribution in [0.4, 0.5) is 11.6 Å². The van der Waals surface area contributed by atoms with Crippen LogP contribution in [0.2, 0.25) is 0 Å². The first-order valence-corrected chi connectivity index (χ1v) is 5.52. The van der Waals surface area contributed by atoms with Crippen LogP contribution in [0.1, 0.15) is 0 Å². The summed E-state index contributed by atoms with van der Waals surface area (Å²) in [6.07, 6.45) is 0. The average Bonchev–Trinajstić information content (AvgIpc) is 2.69. The molecule has 0 saturated heterocycles. The van der Waals surface area contributed by atoms with Crippen molar-refractivity contribution in [3.8, 4) is 0 Å². The van der Waals surface area contributed by atoms with Crippen molar-refractivity contribution in [1.29, 1.82) is 0 Å². The van der Waals surface area contributed by atoms with Crippen LogP contribution in [0, 0.1) is 0 Å². The van der Waals surface area contributed by atoms with Gasteiger partial charge < -0.3 is 27.1 Å². The number of carbonyl (C=O) groups is 2. The third-order valence-electron chi connectivity index (χ3n) is 2.49. The van der Waals surface area contributed by atoms with Gasteiger partial charge in [0.05, 0.1) is 11.0 Å². The number of rotatable bonds is 5. The number of nitrogens with zero attached hydrogens (tertiary/aromatic N) is 2. The summed E-state index contributed by atoms with van der Waals surface area (Å²) < 4.78 is 0. The standard InChI is InChI=1S/C11H14N6O2/c12-6-1-2-7-8(3-6)16-11(15-7)17(4-9(13)18)5-10(14)19/h1-3H,4-5,12H2,(H2,13,18)(H2,14,19)(H,15,16). The SMILES string of the molecule is NC(=O)CN(CC(N)=O)c1nc2ccc(N)cc2[nH]1. The number of anilines is 2. The molecule has 0 aliphatic rings. The Morgan fingerprint density at radius 1 is 1.21 bits per heavy atom. The molecule has 0 unspecified atom stereocenters. The van der Waals surface area contributed by atoms with Gasteiger partial charge in [0, 0.05) is 5.69 Å². The number of amides is 2. The molecule has 0 bridgehead atoms. The summed E-state index contributed by atoms with van der Waals surface area (Å²) in [7, 11) is 0. The topological polar surface area (TPSA) is 144 Å².